The summed E-state index contributed by atoms with van der Waals surface area (Å²) in [5, 5.41) is 0. The molecule has 174 valence electrons. The van der Waals surface area contributed by atoms with Gasteiger partial charge in [-0.3, -0.25) is 9.20 Å². The van der Waals surface area contributed by atoms with Gasteiger partial charge < -0.3 is 15.2 Å². The van der Waals surface area contributed by atoms with Crippen LogP contribution in [0.1, 0.15) is 44.3 Å². The summed E-state index contributed by atoms with van der Waals surface area (Å²) in [6.45, 7) is 2.25. The van der Waals surface area contributed by atoms with Gasteiger partial charge in [0.25, 0.3) is 0 Å². The van der Waals surface area contributed by atoms with Crippen LogP contribution in [0.15, 0.2) is 67.0 Å². The third kappa shape index (κ3) is 4.33. The fourth-order valence-electron chi connectivity index (χ4n) is 4.78. The lowest BCUT2D eigenvalue weighted by Crippen LogP contribution is -2.24. The van der Waals surface area contributed by atoms with Crippen molar-refractivity contribution in [2.24, 2.45) is 5.92 Å². The summed E-state index contributed by atoms with van der Waals surface area (Å²) < 4.78 is 13.3. The Morgan fingerprint density at radius 1 is 1.09 bits per heavy atom. The molecule has 34 heavy (non-hydrogen) atoms. The van der Waals surface area contributed by atoms with Gasteiger partial charge in [0.2, 0.25) is 0 Å². The number of carbonyl (C=O) groups excluding carboxylic acids is 1. The molecule has 0 spiro atoms. The molecule has 2 atom stereocenters. The number of benzene rings is 2. The van der Waals surface area contributed by atoms with Gasteiger partial charge in [0.1, 0.15) is 34.4 Å². The van der Waals surface area contributed by atoms with E-state index in [2.05, 4.69) is 4.98 Å². The fraction of sp³-hybridized carbons (Fsp3) is 0.296. The molecule has 1 aliphatic carbocycles. The molecule has 1 aliphatic rings. The number of hydrogen-bond acceptors (Lipinski definition) is 6. The Hall–Kier alpha value is -3.87. The number of rotatable bonds is 6. The van der Waals surface area contributed by atoms with Crippen LogP contribution in [-0.2, 0) is 9.53 Å². The molecule has 2 aromatic carbocycles. The van der Waals surface area contributed by atoms with Crippen LogP contribution in [0, 0.1) is 5.92 Å². The summed E-state index contributed by atoms with van der Waals surface area (Å²) in [6, 6.07) is 17.5. The molecular weight excluding hydrogens is 428 g/mol. The van der Waals surface area contributed by atoms with Crippen molar-refractivity contribution in [3.05, 3.63) is 72.8 Å². The summed E-state index contributed by atoms with van der Waals surface area (Å²) in [4.78, 5) is 21.7. The number of aromatic nitrogens is 3. The van der Waals surface area contributed by atoms with E-state index in [1.165, 1.54) is 0 Å². The van der Waals surface area contributed by atoms with Gasteiger partial charge >= 0.3 is 5.97 Å². The highest BCUT2D eigenvalue weighted by molar-refractivity contribution is 5.85. The van der Waals surface area contributed by atoms with Crippen LogP contribution in [0.2, 0.25) is 0 Å². The molecule has 7 nitrogen and oxygen atoms in total. The predicted molar refractivity (Wildman–Crippen MR) is 131 cm³/mol. The van der Waals surface area contributed by atoms with E-state index in [0.717, 1.165) is 59.8 Å². The van der Waals surface area contributed by atoms with E-state index >= 15 is 0 Å². The second-order valence-electron chi connectivity index (χ2n) is 8.60. The molecule has 7 heteroatoms. The van der Waals surface area contributed by atoms with E-state index in [9.17, 15) is 4.79 Å². The Morgan fingerprint density at radius 2 is 1.85 bits per heavy atom. The van der Waals surface area contributed by atoms with Gasteiger partial charge in [-0.15, -0.1) is 0 Å². The lowest BCUT2D eigenvalue weighted by atomic mass is 9.81. The molecule has 0 bridgehead atoms. The molecule has 4 aromatic rings. The van der Waals surface area contributed by atoms with Gasteiger partial charge in [0.15, 0.2) is 0 Å². The van der Waals surface area contributed by atoms with E-state index in [4.69, 9.17) is 20.2 Å². The van der Waals surface area contributed by atoms with Gasteiger partial charge in [0.05, 0.1) is 12.5 Å². The third-order valence-electron chi connectivity index (χ3n) is 6.38. The molecular formula is C27H28N4O3. The van der Waals surface area contributed by atoms with Crippen LogP contribution < -0.4 is 10.5 Å². The maximum atomic E-state index is 12.4. The minimum Gasteiger partial charge on any atom is -0.466 e. The van der Waals surface area contributed by atoms with Crippen molar-refractivity contribution >= 4 is 17.3 Å². The Labute approximate surface area is 198 Å². The van der Waals surface area contributed by atoms with Crippen molar-refractivity contribution in [2.75, 3.05) is 12.3 Å². The zero-order chi connectivity index (χ0) is 23.5. The molecule has 0 radical (unpaired) electrons. The monoisotopic (exact) mass is 456 g/mol. The number of nitrogens with zero attached hydrogens (tertiary/aromatic N) is 3. The number of carbonyl (C=O) groups is 1. The van der Waals surface area contributed by atoms with Gasteiger partial charge in [-0.25, -0.2) is 9.97 Å². The third-order valence-corrected chi connectivity index (χ3v) is 6.38. The van der Waals surface area contributed by atoms with Gasteiger partial charge in [0, 0.05) is 23.9 Å². The number of nitrogens with two attached hydrogens (primary N) is 1. The average molecular weight is 457 g/mol. The molecule has 1 saturated carbocycles. The van der Waals surface area contributed by atoms with Crippen molar-refractivity contribution in [1.82, 2.24) is 14.4 Å². The number of anilines is 1. The zero-order valence-corrected chi connectivity index (χ0v) is 19.2. The first-order valence-corrected chi connectivity index (χ1v) is 11.8. The van der Waals surface area contributed by atoms with E-state index in [-0.39, 0.29) is 17.8 Å². The lowest BCUT2D eigenvalue weighted by molar-refractivity contribution is -0.149. The number of hydrogen-bond donors (Lipinski definition) is 1. The highest BCUT2D eigenvalue weighted by Crippen LogP contribution is 2.39. The SMILES string of the molecule is CCOC(=O)C1CCCC(c2nc(-c3ccc(Oc4ccccc4)cc3)c3c(N)nccn23)C1. The predicted octanol–water partition coefficient (Wildman–Crippen LogP) is 5.61. The van der Waals surface area contributed by atoms with Crippen molar-refractivity contribution in [3.8, 4) is 22.8 Å². The van der Waals surface area contributed by atoms with Crippen LogP contribution >= 0.6 is 0 Å². The Morgan fingerprint density at radius 3 is 2.62 bits per heavy atom. The largest absolute Gasteiger partial charge is 0.466 e. The Bertz CT molecular complexity index is 1280. The molecule has 2 N–H and O–H groups in total. The van der Waals surface area contributed by atoms with E-state index in [1.54, 1.807) is 6.20 Å². The van der Waals surface area contributed by atoms with E-state index in [1.807, 2.05) is 72.1 Å². The Kier molecular flexibility index (Phi) is 6.16. The summed E-state index contributed by atoms with van der Waals surface area (Å²) in [7, 11) is 0. The first-order valence-electron chi connectivity index (χ1n) is 11.8. The van der Waals surface area contributed by atoms with Crippen LogP contribution in [0.5, 0.6) is 11.5 Å². The number of nitrogen functional groups attached to an aromatic ring is 1. The highest BCUT2D eigenvalue weighted by atomic mass is 16.5. The van der Waals surface area contributed by atoms with Crippen molar-refractivity contribution in [1.29, 1.82) is 0 Å². The normalized spacial score (nSPS) is 18.0. The second kappa shape index (κ2) is 9.55. The first kappa shape index (κ1) is 21.9. The summed E-state index contributed by atoms with van der Waals surface area (Å²) in [6.07, 6.45) is 7.12. The van der Waals surface area contributed by atoms with Gasteiger partial charge in [-0.05, 0) is 62.6 Å². The molecule has 0 saturated heterocycles. The maximum Gasteiger partial charge on any atom is 0.308 e. The van der Waals surface area contributed by atoms with Crippen molar-refractivity contribution in [3.63, 3.8) is 0 Å². The smallest absolute Gasteiger partial charge is 0.308 e. The van der Waals surface area contributed by atoms with Crippen LogP contribution in [0.4, 0.5) is 5.82 Å². The minimum absolute atomic E-state index is 0.0943. The summed E-state index contributed by atoms with van der Waals surface area (Å²) in [5.74, 6) is 2.82. The fourth-order valence-corrected chi connectivity index (χ4v) is 4.78. The quantitative estimate of drug-likeness (QED) is 0.379. The van der Waals surface area contributed by atoms with Crippen molar-refractivity contribution in [2.45, 2.75) is 38.5 Å². The first-order chi connectivity index (χ1) is 16.6. The summed E-state index contributed by atoms with van der Waals surface area (Å²) >= 11 is 0. The van der Waals surface area contributed by atoms with Gasteiger partial charge in [-0.1, -0.05) is 24.6 Å². The van der Waals surface area contributed by atoms with Crippen LogP contribution in [0.3, 0.4) is 0 Å². The molecule has 5 rings (SSSR count). The second-order valence-corrected chi connectivity index (χ2v) is 8.60. The molecule has 2 heterocycles. The standard InChI is InChI=1S/C27H28N4O3/c1-2-33-27(32)20-8-6-7-19(17-20)26-30-23(24-25(28)29-15-16-31(24)26)18-11-13-22(14-12-18)34-21-9-4-3-5-10-21/h3-5,9-16,19-20H,2,6-8,17H2,1H3,(H2,28,29). The topological polar surface area (TPSA) is 91.7 Å². The lowest BCUT2D eigenvalue weighted by Gasteiger charge is -2.27. The number of esters is 1. The van der Waals surface area contributed by atoms with Crippen LogP contribution in [0.25, 0.3) is 16.8 Å². The molecule has 2 unspecified atom stereocenters. The average Bonchev–Trinajstić information content (AvgIpc) is 3.26. The number of para-hydroxylation sites is 1. The number of fused-ring (bicyclic) bond motifs is 1. The molecule has 0 aliphatic heterocycles. The van der Waals surface area contributed by atoms with E-state index < -0.39 is 0 Å². The zero-order valence-electron chi connectivity index (χ0n) is 19.2. The maximum absolute atomic E-state index is 12.4. The minimum atomic E-state index is -0.108. The van der Waals surface area contributed by atoms with Crippen LogP contribution in [-0.4, -0.2) is 26.9 Å². The molecule has 1 fully saturated rings. The van der Waals surface area contributed by atoms with Gasteiger partial charge in [-0.2, -0.15) is 0 Å². The molecule has 2 aromatic heterocycles. The van der Waals surface area contributed by atoms with Crippen molar-refractivity contribution < 1.29 is 14.3 Å². The summed E-state index contributed by atoms with van der Waals surface area (Å²) in [5.41, 5.74) is 8.81. The highest BCUT2D eigenvalue weighted by Gasteiger charge is 2.32. The van der Waals surface area contributed by atoms with E-state index in [0.29, 0.717) is 12.4 Å². The Balaban J connectivity index is 1.47. The number of imidazole rings is 1. The number of ether oxygens (including phenoxy) is 2. The molecule has 0 amide bonds.